The van der Waals surface area contributed by atoms with Crippen molar-refractivity contribution in [2.45, 2.75) is 51.4 Å². The summed E-state index contributed by atoms with van der Waals surface area (Å²) in [6.45, 7) is 1.39. The first-order valence-corrected chi connectivity index (χ1v) is 5.94. The summed E-state index contributed by atoms with van der Waals surface area (Å²) in [7, 11) is 0. The van der Waals surface area contributed by atoms with Crippen LogP contribution in [0.2, 0.25) is 0 Å². The third-order valence-corrected chi connectivity index (χ3v) is 2.41. The first kappa shape index (κ1) is 14.2. The van der Waals surface area contributed by atoms with Crippen molar-refractivity contribution in [3.8, 4) is 0 Å². The van der Waals surface area contributed by atoms with Gasteiger partial charge < -0.3 is 16.2 Å². The van der Waals surface area contributed by atoms with Crippen LogP contribution in [0.5, 0.6) is 0 Å². The van der Waals surface area contributed by atoms with Crippen LogP contribution in [0.3, 0.4) is 0 Å². The van der Waals surface area contributed by atoms with Crippen LogP contribution in [0.25, 0.3) is 0 Å². The zero-order valence-corrected chi connectivity index (χ0v) is 9.50. The first-order valence-electron chi connectivity index (χ1n) is 5.94. The lowest BCUT2D eigenvalue weighted by Crippen LogP contribution is -2.21. The topological polar surface area (TPSA) is 75.3 Å². The zero-order valence-electron chi connectivity index (χ0n) is 9.50. The second-order valence-corrected chi connectivity index (χ2v) is 3.85. The molecule has 0 fully saturated rings. The Morgan fingerprint density at radius 2 is 1.40 bits per heavy atom. The van der Waals surface area contributed by atoms with Gasteiger partial charge in [0, 0.05) is 6.54 Å². The Labute approximate surface area is 92.2 Å². The second kappa shape index (κ2) is 11.3. The average molecular weight is 216 g/mol. The molecule has 0 aromatic carbocycles. The van der Waals surface area contributed by atoms with E-state index in [1.807, 2.05) is 0 Å². The maximum atomic E-state index is 10.1. The molecule has 0 unspecified atom stereocenters. The third kappa shape index (κ3) is 13.2. The van der Waals surface area contributed by atoms with Gasteiger partial charge in [-0.15, -0.1) is 0 Å². The minimum atomic E-state index is -0.920. The fraction of sp³-hybridized carbons (Fsp3) is 0.909. The molecule has 0 saturated heterocycles. The standard InChI is InChI=1S/C11H24N2O2/c12-9-7-5-3-1-2-4-6-8-10-13-11(14)15/h13H,1-10,12H2,(H,14,15). The highest BCUT2D eigenvalue weighted by molar-refractivity contribution is 5.64. The first-order chi connectivity index (χ1) is 7.27. The van der Waals surface area contributed by atoms with Crippen molar-refractivity contribution in [3.63, 3.8) is 0 Å². The van der Waals surface area contributed by atoms with Gasteiger partial charge in [0.15, 0.2) is 0 Å². The number of nitrogens with one attached hydrogen (secondary N) is 1. The number of unbranched alkanes of at least 4 members (excludes halogenated alkanes) is 7. The molecule has 0 bridgehead atoms. The highest BCUT2D eigenvalue weighted by Gasteiger charge is 1.94. The van der Waals surface area contributed by atoms with E-state index in [4.69, 9.17) is 10.8 Å². The lowest BCUT2D eigenvalue weighted by molar-refractivity contribution is 0.194. The Morgan fingerprint density at radius 3 is 1.87 bits per heavy atom. The number of amides is 1. The van der Waals surface area contributed by atoms with Gasteiger partial charge in [-0.2, -0.15) is 0 Å². The summed E-state index contributed by atoms with van der Waals surface area (Å²) < 4.78 is 0. The third-order valence-electron chi connectivity index (χ3n) is 2.41. The van der Waals surface area contributed by atoms with Gasteiger partial charge in [0.05, 0.1) is 0 Å². The molecular formula is C11H24N2O2. The molecule has 0 spiro atoms. The quantitative estimate of drug-likeness (QED) is 0.491. The van der Waals surface area contributed by atoms with Crippen LogP contribution in [0.4, 0.5) is 4.79 Å². The molecular weight excluding hydrogens is 192 g/mol. The summed E-state index contributed by atoms with van der Waals surface area (Å²) in [4.78, 5) is 10.1. The molecule has 0 aliphatic rings. The number of nitrogens with two attached hydrogens (primary N) is 1. The normalized spacial score (nSPS) is 10.2. The lowest BCUT2D eigenvalue weighted by Gasteiger charge is -2.02. The smallest absolute Gasteiger partial charge is 0.404 e. The lowest BCUT2D eigenvalue weighted by atomic mass is 10.1. The largest absolute Gasteiger partial charge is 0.465 e. The van der Waals surface area contributed by atoms with Crippen molar-refractivity contribution in [3.05, 3.63) is 0 Å². The van der Waals surface area contributed by atoms with Gasteiger partial charge in [-0.05, 0) is 19.4 Å². The molecule has 15 heavy (non-hydrogen) atoms. The van der Waals surface area contributed by atoms with Gasteiger partial charge in [0.1, 0.15) is 0 Å². The summed E-state index contributed by atoms with van der Waals surface area (Å²) in [5.41, 5.74) is 5.39. The molecule has 0 aliphatic heterocycles. The molecule has 0 saturated carbocycles. The van der Waals surface area contributed by atoms with Crippen molar-refractivity contribution >= 4 is 6.09 Å². The van der Waals surface area contributed by atoms with E-state index in [-0.39, 0.29) is 0 Å². The SMILES string of the molecule is NCCCCCCCCCCNC(=O)O. The predicted octanol–water partition coefficient (Wildman–Crippen LogP) is 2.33. The Morgan fingerprint density at radius 1 is 0.933 bits per heavy atom. The molecule has 4 heteroatoms. The van der Waals surface area contributed by atoms with Crippen LogP contribution in [-0.2, 0) is 0 Å². The van der Waals surface area contributed by atoms with Crippen molar-refractivity contribution < 1.29 is 9.90 Å². The summed E-state index contributed by atoms with van der Waals surface area (Å²) >= 11 is 0. The molecule has 4 N–H and O–H groups in total. The minimum Gasteiger partial charge on any atom is -0.465 e. The maximum Gasteiger partial charge on any atom is 0.404 e. The molecule has 0 heterocycles. The van der Waals surface area contributed by atoms with Gasteiger partial charge in [-0.1, -0.05) is 38.5 Å². The van der Waals surface area contributed by atoms with E-state index < -0.39 is 6.09 Å². The van der Waals surface area contributed by atoms with E-state index in [2.05, 4.69) is 5.32 Å². The van der Waals surface area contributed by atoms with Crippen molar-refractivity contribution in [2.24, 2.45) is 5.73 Å². The molecule has 90 valence electrons. The van der Waals surface area contributed by atoms with Gasteiger partial charge in [0.2, 0.25) is 0 Å². The highest BCUT2D eigenvalue weighted by atomic mass is 16.4. The average Bonchev–Trinajstić information content (AvgIpc) is 2.20. The van der Waals surface area contributed by atoms with Crippen LogP contribution in [0, 0.1) is 0 Å². The Kier molecular flexibility index (Phi) is 10.7. The van der Waals surface area contributed by atoms with Gasteiger partial charge in [-0.25, -0.2) is 4.79 Å². The summed E-state index contributed by atoms with van der Waals surface area (Å²) in [6, 6.07) is 0. The summed E-state index contributed by atoms with van der Waals surface area (Å²) in [6.07, 6.45) is 8.58. The van der Waals surface area contributed by atoms with E-state index in [0.29, 0.717) is 6.54 Å². The van der Waals surface area contributed by atoms with Crippen LogP contribution in [-0.4, -0.2) is 24.3 Å². The van der Waals surface area contributed by atoms with Crippen LogP contribution in [0.1, 0.15) is 51.4 Å². The zero-order chi connectivity index (χ0) is 11.4. The number of carbonyl (C=O) groups is 1. The van der Waals surface area contributed by atoms with Crippen LogP contribution < -0.4 is 11.1 Å². The monoisotopic (exact) mass is 216 g/mol. The number of hydrogen-bond acceptors (Lipinski definition) is 2. The fourth-order valence-corrected chi connectivity index (χ4v) is 1.53. The number of hydrogen-bond donors (Lipinski definition) is 3. The molecule has 1 amide bonds. The van der Waals surface area contributed by atoms with E-state index in [1.165, 1.54) is 32.1 Å². The highest BCUT2D eigenvalue weighted by Crippen LogP contribution is 2.07. The van der Waals surface area contributed by atoms with Gasteiger partial charge in [-0.3, -0.25) is 0 Å². The van der Waals surface area contributed by atoms with Crippen molar-refractivity contribution in [1.29, 1.82) is 0 Å². The van der Waals surface area contributed by atoms with E-state index in [1.54, 1.807) is 0 Å². The Bertz CT molecular complexity index is 152. The van der Waals surface area contributed by atoms with E-state index in [9.17, 15) is 4.79 Å². The summed E-state index contributed by atoms with van der Waals surface area (Å²) in [5.74, 6) is 0. The molecule has 0 aliphatic carbocycles. The molecule has 0 rings (SSSR count). The molecule has 0 radical (unpaired) electrons. The second-order valence-electron chi connectivity index (χ2n) is 3.85. The van der Waals surface area contributed by atoms with E-state index in [0.717, 1.165) is 25.8 Å². The predicted molar refractivity (Wildman–Crippen MR) is 62.0 cm³/mol. The molecule has 4 nitrogen and oxygen atoms in total. The van der Waals surface area contributed by atoms with Gasteiger partial charge in [0.25, 0.3) is 0 Å². The molecule has 0 aromatic heterocycles. The minimum absolute atomic E-state index is 0.586. The Balaban J connectivity index is 2.89. The van der Waals surface area contributed by atoms with Crippen LogP contribution >= 0.6 is 0 Å². The fourth-order valence-electron chi connectivity index (χ4n) is 1.53. The van der Waals surface area contributed by atoms with Gasteiger partial charge >= 0.3 is 6.09 Å². The summed E-state index contributed by atoms with van der Waals surface area (Å²) in [5, 5.41) is 10.7. The van der Waals surface area contributed by atoms with Crippen molar-refractivity contribution in [1.82, 2.24) is 5.32 Å². The maximum absolute atomic E-state index is 10.1. The molecule has 0 aromatic rings. The number of carboxylic acid groups (broad SMARTS) is 1. The number of rotatable bonds is 10. The van der Waals surface area contributed by atoms with Crippen molar-refractivity contribution in [2.75, 3.05) is 13.1 Å². The molecule has 0 atom stereocenters. The van der Waals surface area contributed by atoms with E-state index >= 15 is 0 Å². The van der Waals surface area contributed by atoms with Crippen LogP contribution in [0.15, 0.2) is 0 Å². The Hall–Kier alpha value is -0.770.